The highest BCUT2D eigenvalue weighted by atomic mass is 32.2. The molecular formula is C20H23FN2O4S. The molecule has 2 aromatic carbocycles. The first-order chi connectivity index (χ1) is 13.3. The predicted molar refractivity (Wildman–Crippen MR) is 104 cm³/mol. The van der Waals surface area contributed by atoms with E-state index in [1.807, 2.05) is 0 Å². The molecule has 0 bridgehead atoms. The summed E-state index contributed by atoms with van der Waals surface area (Å²) < 4.78 is 41.7. The van der Waals surface area contributed by atoms with Crippen LogP contribution in [-0.4, -0.2) is 40.3 Å². The van der Waals surface area contributed by atoms with Gasteiger partial charge in [-0.3, -0.25) is 10.1 Å². The van der Waals surface area contributed by atoms with Crippen molar-refractivity contribution < 1.29 is 22.3 Å². The van der Waals surface area contributed by atoms with Gasteiger partial charge in [-0.05, 0) is 54.8 Å². The number of carbonyl (C=O) groups is 1. The number of carbonyl (C=O) groups excluding carboxylic acids is 1. The summed E-state index contributed by atoms with van der Waals surface area (Å²) in [7, 11) is -3.28. The Kier molecular flexibility index (Phi) is 6.12. The number of sulfone groups is 1. The van der Waals surface area contributed by atoms with E-state index in [2.05, 4.69) is 10.6 Å². The van der Waals surface area contributed by atoms with Gasteiger partial charge in [0.1, 0.15) is 5.82 Å². The summed E-state index contributed by atoms with van der Waals surface area (Å²) in [4.78, 5) is 12.6. The molecule has 8 heteroatoms. The third-order valence-electron chi connectivity index (χ3n) is 4.90. The molecule has 2 N–H and O–H groups in total. The molecule has 2 aromatic rings. The van der Waals surface area contributed by atoms with E-state index in [-0.39, 0.29) is 23.2 Å². The van der Waals surface area contributed by atoms with Gasteiger partial charge in [-0.25, -0.2) is 12.8 Å². The van der Waals surface area contributed by atoms with Crippen molar-refractivity contribution in [3.05, 3.63) is 59.9 Å². The van der Waals surface area contributed by atoms with Crippen molar-refractivity contribution in [1.82, 2.24) is 5.32 Å². The molecule has 1 heterocycles. The Morgan fingerprint density at radius 3 is 2.25 bits per heavy atom. The van der Waals surface area contributed by atoms with Gasteiger partial charge >= 0.3 is 0 Å². The molecule has 0 radical (unpaired) electrons. The van der Waals surface area contributed by atoms with Crippen LogP contribution >= 0.6 is 0 Å². The predicted octanol–water partition coefficient (Wildman–Crippen LogP) is 2.46. The Balaban J connectivity index is 1.66. The lowest BCUT2D eigenvalue weighted by Gasteiger charge is -2.38. The molecule has 0 aromatic heterocycles. The van der Waals surface area contributed by atoms with E-state index in [9.17, 15) is 17.6 Å². The molecule has 0 saturated carbocycles. The van der Waals surface area contributed by atoms with Crippen LogP contribution < -0.4 is 10.6 Å². The Morgan fingerprint density at radius 2 is 1.68 bits per heavy atom. The fourth-order valence-electron chi connectivity index (χ4n) is 3.30. The first kappa shape index (κ1) is 20.4. The molecular weight excluding hydrogens is 383 g/mol. The average Bonchev–Trinajstić information content (AvgIpc) is 2.67. The molecule has 0 aliphatic carbocycles. The molecule has 150 valence electrons. The maximum absolute atomic E-state index is 13.3. The Morgan fingerprint density at radius 1 is 1.07 bits per heavy atom. The van der Waals surface area contributed by atoms with Crippen LogP contribution in [0.5, 0.6) is 0 Å². The van der Waals surface area contributed by atoms with Crippen LogP contribution in [0.15, 0.2) is 53.4 Å². The number of hydrogen-bond acceptors (Lipinski definition) is 5. The monoisotopic (exact) mass is 406 g/mol. The van der Waals surface area contributed by atoms with Crippen LogP contribution in [0.1, 0.15) is 18.4 Å². The summed E-state index contributed by atoms with van der Waals surface area (Å²) in [6, 6.07) is 12.3. The average molecular weight is 406 g/mol. The lowest BCUT2D eigenvalue weighted by atomic mass is 9.82. The summed E-state index contributed by atoms with van der Waals surface area (Å²) in [6.45, 7) is 1.17. The van der Waals surface area contributed by atoms with Gasteiger partial charge in [0, 0.05) is 30.7 Å². The zero-order chi connectivity index (χ0) is 20.2. The third-order valence-corrected chi connectivity index (χ3v) is 6.03. The zero-order valence-electron chi connectivity index (χ0n) is 15.6. The molecule has 0 spiro atoms. The molecule has 1 amide bonds. The first-order valence-corrected chi connectivity index (χ1v) is 10.9. The van der Waals surface area contributed by atoms with Crippen LogP contribution in [0.25, 0.3) is 0 Å². The van der Waals surface area contributed by atoms with Crippen LogP contribution in [0, 0.1) is 5.82 Å². The largest absolute Gasteiger partial charge is 0.381 e. The van der Waals surface area contributed by atoms with Crippen molar-refractivity contribution in [3.63, 3.8) is 0 Å². The number of benzene rings is 2. The molecule has 3 rings (SSSR count). The van der Waals surface area contributed by atoms with E-state index in [0.29, 0.717) is 31.7 Å². The van der Waals surface area contributed by atoms with Gasteiger partial charge in [-0.1, -0.05) is 12.1 Å². The molecule has 1 fully saturated rings. The SMILES string of the molecule is CS(=O)(=O)c1ccc(NC(=O)CNC2(c3ccc(F)cc3)CCOCC2)cc1. The first-order valence-electron chi connectivity index (χ1n) is 8.97. The Labute approximate surface area is 164 Å². The minimum Gasteiger partial charge on any atom is -0.381 e. The molecule has 1 saturated heterocycles. The van der Waals surface area contributed by atoms with E-state index in [4.69, 9.17) is 4.74 Å². The molecule has 28 heavy (non-hydrogen) atoms. The summed E-state index contributed by atoms with van der Waals surface area (Å²) >= 11 is 0. The van der Waals surface area contributed by atoms with Crippen molar-refractivity contribution in [2.75, 3.05) is 31.3 Å². The van der Waals surface area contributed by atoms with Gasteiger partial charge in [0.25, 0.3) is 0 Å². The highest BCUT2D eigenvalue weighted by Gasteiger charge is 2.34. The molecule has 1 aliphatic heterocycles. The van der Waals surface area contributed by atoms with Gasteiger partial charge in [0.2, 0.25) is 5.91 Å². The normalized spacial score (nSPS) is 16.5. The van der Waals surface area contributed by atoms with Crippen molar-refractivity contribution in [2.24, 2.45) is 0 Å². The molecule has 6 nitrogen and oxygen atoms in total. The fraction of sp³-hybridized carbons (Fsp3) is 0.350. The van der Waals surface area contributed by atoms with Gasteiger partial charge in [0.05, 0.1) is 11.4 Å². The van der Waals surface area contributed by atoms with E-state index in [0.717, 1.165) is 11.8 Å². The topological polar surface area (TPSA) is 84.5 Å². The second kappa shape index (κ2) is 8.38. The van der Waals surface area contributed by atoms with Crippen molar-refractivity contribution in [3.8, 4) is 0 Å². The Bertz CT molecular complexity index is 922. The summed E-state index contributed by atoms with van der Waals surface area (Å²) in [5, 5.41) is 6.07. The standard InChI is InChI=1S/C20H23FN2O4S/c1-28(25,26)18-8-6-17(7-9-18)23-19(24)14-22-20(10-12-27-13-11-20)15-2-4-16(21)5-3-15/h2-9,22H,10-14H2,1H3,(H,23,24). The maximum Gasteiger partial charge on any atom is 0.238 e. The summed E-state index contributed by atoms with van der Waals surface area (Å²) in [6.07, 6.45) is 2.48. The number of nitrogens with one attached hydrogen (secondary N) is 2. The smallest absolute Gasteiger partial charge is 0.238 e. The zero-order valence-corrected chi connectivity index (χ0v) is 16.4. The number of hydrogen-bond donors (Lipinski definition) is 2. The number of halogens is 1. The second-order valence-corrected chi connectivity index (χ2v) is 8.92. The molecule has 1 aliphatic rings. The van der Waals surface area contributed by atoms with Crippen LogP contribution in [0.2, 0.25) is 0 Å². The van der Waals surface area contributed by atoms with Gasteiger partial charge < -0.3 is 10.1 Å². The quantitative estimate of drug-likeness (QED) is 0.770. The molecule has 0 unspecified atom stereocenters. The lowest BCUT2D eigenvalue weighted by molar-refractivity contribution is -0.116. The van der Waals surface area contributed by atoms with E-state index in [1.165, 1.54) is 24.3 Å². The van der Waals surface area contributed by atoms with Crippen LogP contribution in [0.4, 0.5) is 10.1 Å². The second-order valence-electron chi connectivity index (χ2n) is 6.90. The lowest BCUT2D eigenvalue weighted by Crippen LogP contribution is -2.49. The van der Waals surface area contributed by atoms with Crippen molar-refractivity contribution in [2.45, 2.75) is 23.3 Å². The van der Waals surface area contributed by atoms with E-state index in [1.54, 1.807) is 24.3 Å². The minimum absolute atomic E-state index is 0.0607. The minimum atomic E-state index is -3.28. The van der Waals surface area contributed by atoms with E-state index < -0.39 is 15.4 Å². The number of amides is 1. The van der Waals surface area contributed by atoms with Crippen LogP contribution in [0.3, 0.4) is 0 Å². The fourth-order valence-corrected chi connectivity index (χ4v) is 3.93. The Hall–Kier alpha value is -2.29. The third kappa shape index (κ3) is 4.95. The highest BCUT2D eigenvalue weighted by molar-refractivity contribution is 7.90. The summed E-state index contributed by atoms with van der Waals surface area (Å²) in [5.41, 5.74) is 0.980. The number of anilines is 1. The highest BCUT2D eigenvalue weighted by Crippen LogP contribution is 2.32. The van der Waals surface area contributed by atoms with Gasteiger partial charge in [-0.2, -0.15) is 0 Å². The van der Waals surface area contributed by atoms with Crippen LogP contribution in [-0.2, 0) is 24.9 Å². The van der Waals surface area contributed by atoms with Crippen molar-refractivity contribution >= 4 is 21.4 Å². The van der Waals surface area contributed by atoms with E-state index >= 15 is 0 Å². The number of rotatable bonds is 6. The van der Waals surface area contributed by atoms with Gasteiger partial charge in [0.15, 0.2) is 9.84 Å². The number of ether oxygens (including phenoxy) is 1. The van der Waals surface area contributed by atoms with Gasteiger partial charge in [-0.15, -0.1) is 0 Å². The summed E-state index contributed by atoms with van der Waals surface area (Å²) in [5.74, 6) is -0.554. The molecule has 0 atom stereocenters. The van der Waals surface area contributed by atoms with Crippen molar-refractivity contribution in [1.29, 1.82) is 0 Å². The maximum atomic E-state index is 13.3.